The monoisotopic (exact) mass is 210 g/mol. The molecule has 0 saturated heterocycles. The first-order valence-corrected chi connectivity index (χ1v) is 5.45. The first-order valence-electron chi connectivity index (χ1n) is 5.45. The van der Waals surface area contributed by atoms with Gasteiger partial charge in [0.05, 0.1) is 6.07 Å². The quantitative estimate of drug-likeness (QED) is 0.774. The molecule has 15 heavy (non-hydrogen) atoms. The molecule has 3 nitrogen and oxygen atoms in total. The van der Waals surface area contributed by atoms with Crippen LogP contribution < -0.4 is 5.32 Å². The third-order valence-electron chi connectivity index (χ3n) is 2.26. The Kier molecular flexibility index (Phi) is 5.35. The molecule has 0 aliphatic rings. The van der Waals surface area contributed by atoms with Gasteiger partial charge >= 0.3 is 0 Å². The summed E-state index contributed by atoms with van der Waals surface area (Å²) in [6.07, 6.45) is 0.926. The first-order chi connectivity index (χ1) is 6.78. The van der Waals surface area contributed by atoms with Crippen LogP contribution in [0, 0.1) is 28.6 Å². The van der Waals surface area contributed by atoms with Crippen LogP contribution in [-0.2, 0) is 4.79 Å². The van der Waals surface area contributed by atoms with Gasteiger partial charge in [-0.25, -0.2) is 0 Å². The van der Waals surface area contributed by atoms with Crippen LogP contribution in [0.1, 0.15) is 41.0 Å². The van der Waals surface area contributed by atoms with E-state index in [1.54, 1.807) is 0 Å². The summed E-state index contributed by atoms with van der Waals surface area (Å²) in [4.78, 5) is 11.6. The maximum absolute atomic E-state index is 11.6. The van der Waals surface area contributed by atoms with Crippen molar-refractivity contribution >= 4 is 5.91 Å². The summed E-state index contributed by atoms with van der Waals surface area (Å²) in [5, 5.41) is 11.6. The Morgan fingerprint density at radius 2 is 1.93 bits per heavy atom. The third-order valence-corrected chi connectivity index (χ3v) is 2.26. The summed E-state index contributed by atoms with van der Waals surface area (Å²) in [7, 11) is 0. The van der Waals surface area contributed by atoms with Crippen LogP contribution in [0.4, 0.5) is 0 Å². The van der Waals surface area contributed by atoms with Crippen LogP contribution >= 0.6 is 0 Å². The number of carbonyl (C=O) groups is 1. The number of amides is 1. The van der Waals surface area contributed by atoms with Crippen molar-refractivity contribution in [1.82, 2.24) is 5.32 Å². The molecule has 0 heterocycles. The molecule has 0 bridgehead atoms. The largest absolute Gasteiger partial charge is 0.355 e. The second-order valence-electron chi connectivity index (χ2n) is 5.45. The molecule has 1 atom stereocenters. The first kappa shape index (κ1) is 14.0. The second kappa shape index (κ2) is 5.75. The van der Waals surface area contributed by atoms with E-state index in [1.165, 1.54) is 0 Å². The summed E-state index contributed by atoms with van der Waals surface area (Å²) in [6.45, 7) is 10.8. The van der Waals surface area contributed by atoms with Crippen molar-refractivity contribution in [2.45, 2.75) is 41.0 Å². The van der Waals surface area contributed by atoms with Gasteiger partial charge in [0.1, 0.15) is 5.92 Å². The topological polar surface area (TPSA) is 52.9 Å². The van der Waals surface area contributed by atoms with E-state index in [0.29, 0.717) is 6.54 Å². The number of hydrogen-bond acceptors (Lipinski definition) is 2. The molecular formula is C12H22N2O. The van der Waals surface area contributed by atoms with Crippen LogP contribution in [-0.4, -0.2) is 12.5 Å². The van der Waals surface area contributed by atoms with Crippen molar-refractivity contribution < 1.29 is 4.79 Å². The van der Waals surface area contributed by atoms with Crippen molar-refractivity contribution in [2.75, 3.05) is 6.54 Å². The van der Waals surface area contributed by atoms with Gasteiger partial charge in [0.15, 0.2) is 0 Å². The standard InChI is InChI=1S/C12H22N2O/c1-9(2)10(8-13)11(15)14-7-6-12(3,4)5/h9-10H,6-7H2,1-5H3,(H,14,15). The Morgan fingerprint density at radius 1 is 1.40 bits per heavy atom. The van der Waals surface area contributed by atoms with Crippen molar-refractivity contribution in [1.29, 1.82) is 5.26 Å². The maximum Gasteiger partial charge on any atom is 0.237 e. The normalized spacial score (nSPS) is 13.4. The average Bonchev–Trinajstić information content (AvgIpc) is 2.01. The lowest BCUT2D eigenvalue weighted by Gasteiger charge is -2.19. The SMILES string of the molecule is CC(C)C(C#N)C(=O)NCCC(C)(C)C. The zero-order chi connectivity index (χ0) is 12.1. The highest BCUT2D eigenvalue weighted by Crippen LogP contribution is 2.17. The highest BCUT2D eigenvalue weighted by Gasteiger charge is 2.21. The van der Waals surface area contributed by atoms with Crippen LogP contribution in [0.15, 0.2) is 0 Å². The summed E-state index contributed by atoms with van der Waals surface area (Å²) in [6, 6.07) is 2.04. The van der Waals surface area contributed by atoms with Gasteiger partial charge in [-0.2, -0.15) is 5.26 Å². The van der Waals surface area contributed by atoms with E-state index in [9.17, 15) is 4.79 Å². The Labute approximate surface area is 92.9 Å². The lowest BCUT2D eigenvalue weighted by atomic mass is 9.92. The molecule has 0 aromatic carbocycles. The fourth-order valence-electron chi connectivity index (χ4n) is 1.18. The van der Waals surface area contributed by atoms with Crippen LogP contribution in [0.2, 0.25) is 0 Å². The van der Waals surface area contributed by atoms with Crippen LogP contribution in [0.3, 0.4) is 0 Å². The molecule has 0 fully saturated rings. The molecule has 0 spiro atoms. The predicted octanol–water partition coefficient (Wildman–Crippen LogP) is 2.33. The molecule has 1 amide bonds. The minimum absolute atomic E-state index is 0.0737. The summed E-state index contributed by atoms with van der Waals surface area (Å²) < 4.78 is 0. The van der Waals surface area contributed by atoms with E-state index in [4.69, 9.17) is 5.26 Å². The van der Waals surface area contributed by atoms with Gasteiger partial charge < -0.3 is 5.32 Å². The van der Waals surface area contributed by atoms with E-state index >= 15 is 0 Å². The van der Waals surface area contributed by atoms with Crippen molar-refractivity contribution in [2.24, 2.45) is 17.3 Å². The highest BCUT2D eigenvalue weighted by molar-refractivity contribution is 5.81. The number of nitrogens with one attached hydrogen (secondary N) is 1. The molecule has 3 heteroatoms. The predicted molar refractivity (Wildman–Crippen MR) is 61.0 cm³/mol. The second-order valence-corrected chi connectivity index (χ2v) is 5.45. The van der Waals surface area contributed by atoms with Gasteiger partial charge in [-0.05, 0) is 17.8 Å². The zero-order valence-electron chi connectivity index (χ0n) is 10.4. The van der Waals surface area contributed by atoms with Gasteiger partial charge in [-0.15, -0.1) is 0 Å². The Bertz CT molecular complexity index is 245. The van der Waals surface area contributed by atoms with E-state index in [1.807, 2.05) is 19.9 Å². The Hall–Kier alpha value is -1.04. The molecule has 1 N–H and O–H groups in total. The highest BCUT2D eigenvalue weighted by atomic mass is 16.1. The van der Waals surface area contributed by atoms with E-state index in [0.717, 1.165) is 6.42 Å². The molecule has 0 saturated carbocycles. The maximum atomic E-state index is 11.6. The molecule has 0 aromatic heterocycles. The zero-order valence-corrected chi connectivity index (χ0v) is 10.4. The molecule has 0 rings (SSSR count). The number of nitrogens with zero attached hydrogens (tertiary/aromatic N) is 1. The van der Waals surface area contributed by atoms with Gasteiger partial charge in [0.25, 0.3) is 0 Å². The minimum atomic E-state index is -0.523. The molecule has 0 aromatic rings. The smallest absolute Gasteiger partial charge is 0.237 e. The van der Waals surface area contributed by atoms with Gasteiger partial charge in [-0.3, -0.25) is 4.79 Å². The van der Waals surface area contributed by atoms with Crippen molar-refractivity contribution in [3.63, 3.8) is 0 Å². The Balaban J connectivity index is 3.99. The van der Waals surface area contributed by atoms with Gasteiger partial charge in [0, 0.05) is 6.54 Å². The molecule has 0 radical (unpaired) electrons. The van der Waals surface area contributed by atoms with Crippen molar-refractivity contribution in [3.05, 3.63) is 0 Å². The van der Waals surface area contributed by atoms with E-state index < -0.39 is 5.92 Å². The fourth-order valence-corrected chi connectivity index (χ4v) is 1.18. The van der Waals surface area contributed by atoms with E-state index in [2.05, 4.69) is 26.1 Å². The third kappa shape index (κ3) is 6.11. The number of carbonyl (C=O) groups excluding carboxylic acids is 1. The molecule has 1 unspecified atom stereocenters. The fraction of sp³-hybridized carbons (Fsp3) is 0.833. The van der Waals surface area contributed by atoms with Crippen LogP contribution in [0.5, 0.6) is 0 Å². The number of nitriles is 1. The molecule has 0 aliphatic carbocycles. The van der Waals surface area contributed by atoms with Gasteiger partial charge in [-0.1, -0.05) is 34.6 Å². The lowest BCUT2D eigenvalue weighted by Crippen LogP contribution is -2.34. The van der Waals surface area contributed by atoms with E-state index in [-0.39, 0.29) is 17.2 Å². The number of rotatable bonds is 4. The summed E-state index contributed by atoms with van der Waals surface area (Å²) >= 11 is 0. The molecular weight excluding hydrogens is 188 g/mol. The van der Waals surface area contributed by atoms with Crippen molar-refractivity contribution in [3.8, 4) is 6.07 Å². The minimum Gasteiger partial charge on any atom is -0.355 e. The molecule has 0 aliphatic heterocycles. The Morgan fingerprint density at radius 3 is 2.27 bits per heavy atom. The summed E-state index contributed by atoms with van der Waals surface area (Å²) in [5.41, 5.74) is 0.216. The van der Waals surface area contributed by atoms with Crippen LogP contribution in [0.25, 0.3) is 0 Å². The summed E-state index contributed by atoms with van der Waals surface area (Å²) in [5.74, 6) is -0.591. The lowest BCUT2D eigenvalue weighted by molar-refractivity contribution is -0.124. The molecule has 86 valence electrons. The number of hydrogen-bond donors (Lipinski definition) is 1. The average molecular weight is 210 g/mol. The van der Waals surface area contributed by atoms with Gasteiger partial charge in [0.2, 0.25) is 5.91 Å².